The van der Waals surface area contributed by atoms with Crippen LogP contribution in [0.25, 0.3) is 22.3 Å². The van der Waals surface area contributed by atoms with E-state index < -0.39 is 11.6 Å². The molecule has 0 aliphatic rings. The number of phenols is 1. The third-order valence-electron chi connectivity index (χ3n) is 6.70. The molecule has 3 rings (SSSR count). The minimum absolute atomic E-state index is 0. The molecular weight excluding hydrogens is 644 g/mol. The summed E-state index contributed by atoms with van der Waals surface area (Å²) in [6.45, 7) is 28.7. The molecule has 3 aromatic rings. The van der Waals surface area contributed by atoms with E-state index in [1.807, 2.05) is 54.5 Å². The van der Waals surface area contributed by atoms with Gasteiger partial charge in [0.1, 0.15) is 11.6 Å². The molecule has 49 heavy (non-hydrogen) atoms. The summed E-state index contributed by atoms with van der Waals surface area (Å²) in [4.78, 5) is 10.4. The van der Waals surface area contributed by atoms with E-state index in [1.165, 1.54) is 13.0 Å². The maximum absolute atomic E-state index is 15.4. The van der Waals surface area contributed by atoms with Gasteiger partial charge in [0.25, 0.3) is 0 Å². The van der Waals surface area contributed by atoms with E-state index in [9.17, 15) is 9.90 Å². The van der Waals surface area contributed by atoms with Crippen LogP contribution in [-0.2, 0) is 17.8 Å². The number of Topliss-reactive ketones (excluding diaryl/α,β-unsaturated/α-hetero) is 1. The van der Waals surface area contributed by atoms with Gasteiger partial charge in [-0.2, -0.15) is 42.5 Å². The van der Waals surface area contributed by atoms with E-state index in [0.29, 0.717) is 53.2 Å². The first-order chi connectivity index (χ1) is 22.6. The van der Waals surface area contributed by atoms with Gasteiger partial charge in [-0.25, -0.2) is 8.78 Å². The number of aryl methyl sites for hydroxylation is 1. The molecule has 0 amide bonds. The number of hydrogen-bond donors (Lipinski definition) is 4. The molecule has 0 saturated carbocycles. The topological polar surface area (TPSA) is 99.2 Å². The van der Waals surface area contributed by atoms with Gasteiger partial charge in [0.2, 0.25) is 0 Å². The van der Waals surface area contributed by atoms with Crippen molar-refractivity contribution in [2.75, 3.05) is 6.54 Å². The van der Waals surface area contributed by atoms with Crippen molar-refractivity contribution in [3.8, 4) is 28.0 Å². The number of benzene rings is 3. The zero-order valence-corrected chi connectivity index (χ0v) is 35.0. The van der Waals surface area contributed by atoms with Gasteiger partial charge in [0, 0.05) is 52.6 Å². The van der Waals surface area contributed by atoms with Crippen LogP contribution in [0, 0.1) is 34.6 Å². The van der Waals surface area contributed by atoms with Crippen LogP contribution in [0.5, 0.6) is 5.75 Å². The van der Waals surface area contributed by atoms with Crippen LogP contribution < -0.4 is 62.4 Å². The Labute approximate surface area is 338 Å². The Morgan fingerprint density at radius 1 is 1.06 bits per heavy atom. The monoisotopic (exact) mass is 700 g/mol. The molecule has 0 aliphatic heterocycles. The number of phenolic OH excluding ortho intramolecular Hbond substituents is 1. The van der Waals surface area contributed by atoms with Crippen molar-refractivity contribution in [2.45, 2.75) is 89.1 Å². The Balaban J connectivity index is -0.00000105. The van der Waals surface area contributed by atoms with Crippen LogP contribution in [0.1, 0.15) is 87.3 Å². The smallest absolute Gasteiger partial charge is 0.533 e. The summed E-state index contributed by atoms with van der Waals surface area (Å²) < 4.78 is 30.6. The predicted octanol–water partition coefficient (Wildman–Crippen LogP) is 7.57. The van der Waals surface area contributed by atoms with Crippen molar-refractivity contribution in [1.29, 1.82) is 5.41 Å². The molecule has 0 aliphatic carbocycles. The van der Waals surface area contributed by atoms with E-state index in [4.69, 9.17) is 11.1 Å². The quantitative estimate of drug-likeness (QED) is 0.0577. The van der Waals surface area contributed by atoms with Gasteiger partial charge in [-0.05, 0) is 49.9 Å². The van der Waals surface area contributed by atoms with Crippen LogP contribution in [0.15, 0.2) is 79.0 Å². The Hall–Kier alpha value is -2.72. The minimum atomic E-state index is -0.516. The van der Waals surface area contributed by atoms with Gasteiger partial charge in [-0.3, -0.25) is 0 Å². The number of rotatable bonds is 10. The van der Waals surface area contributed by atoms with E-state index in [-0.39, 0.29) is 79.5 Å². The Morgan fingerprint density at radius 2 is 1.59 bits per heavy atom. The molecule has 0 bridgehead atoms. The predicted molar refractivity (Wildman–Crippen MR) is 201 cm³/mol. The molecule has 0 fully saturated rings. The second kappa shape index (κ2) is 27.1. The van der Waals surface area contributed by atoms with Crippen molar-refractivity contribution in [3.63, 3.8) is 0 Å². The summed E-state index contributed by atoms with van der Waals surface area (Å²) in [5.74, 6) is -1.02. The number of carbonyl (C=O) groups is 1. The number of carbonyl (C=O) groups excluding carboxylic acids is 1. The van der Waals surface area contributed by atoms with Gasteiger partial charge in [0.05, 0.1) is 0 Å². The fourth-order valence-corrected chi connectivity index (χ4v) is 4.01. The zero-order chi connectivity index (χ0) is 37.6. The van der Waals surface area contributed by atoms with E-state index >= 15 is 8.78 Å². The molecule has 0 radical (unpaired) electrons. The molecule has 0 aromatic heterocycles. The molecule has 0 heterocycles. The molecule has 0 saturated heterocycles. The molecule has 0 atom stereocenters. The van der Waals surface area contributed by atoms with Gasteiger partial charge in [-0.15, -0.1) is 6.07 Å². The normalized spacial score (nSPS) is 10.1. The largest absolute Gasteiger partial charge is 1.00 e. The summed E-state index contributed by atoms with van der Waals surface area (Å²) in [6, 6.07) is 15.6. The number of aromatic hydroxyl groups is 1. The Bertz CT molecular complexity index is 1510. The van der Waals surface area contributed by atoms with Crippen molar-refractivity contribution in [2.24, 2.45) is 11.1 Å². The molecular formula is C41H57F2KN3O2-. The van der Waals surface area contributed by atoms with Gasteiger partial charge < -0.3 is 26.4 Å². The summed E-state index contributed by atoms with van der Waals surface area (Å²) in [5, 5.41) is 19.8. The Morgan fingerprint density at radius 3 is 2.02 bits per heavy atom. The number of nitrogens with one attached hydrogen (secondary N) is 2. The maximum Gasteiger partial charge on any atom is 1.00 e. The minimum Gasteiger partial charge on any atom is -0.533 e. The summed E-state index contributed by atoms with van der Waals surface area (Å²) in [6.07, 6.45) is 4.80. The van der Waals surface area contributed by atoms with Crippen molar-refractivity contribution < 1.29 is 70.1 Å². The fraction of sp³-hybridized carbons (Fsp3) is 0.366. The van der Waals surface area contributed by atoms with E-state index in [2.05, 4.69) is 30.6 Å². The second-order valence-corrected chi connectivity index (χ2v) is 11.0. The molecule has 264 valence electrons. The fourth-order valence-electron chi connectivity index (χ4n) is 4.01. The molecule has 5 nitrogen and oxygen atoms in total. The van der Waals surface area contributed by atoms with Crippen molar-refractivity contribution in [3.05, 3.63) is 114 Å². The third kappa shape index (κ3) is 17.7. The molecule has 0 spiro atoms. The van der Waals surface area contributed by atoms with Crippen LogP contribution in [-0.4, -0.2) is 23.1 Å². The third-order valence-corrected chi connectivity index (χ3v) is 6.70. The average Bonchev–Trinajstić information content (AvgIpc) is 3.04. The number of allylic oxidation sites excluding steroid dienone is 3. The first-order valence-electron chi connectivity index (χ1n) is 16.3. The summed E-state index contributed by atoms with van der Waals surface area (Å²) in [5.41, 5.74) is 9.99. The van der Waals surface area contributed by atoms with Crippen molar-refractivity contribution in [1.82, 2.24) is 5.32 Å². The molecule has 5 N–H and O–H groups in total. The van der Waals surface area contributed by atoms with Gasteiger partial charge in [-0.1, -0.05) is 91.8 Å². The van der Waals surface area contributed by atoms with Crippen LogP contribution in [0.3, 0.4) is 0 Å². The van der Waals surface area contributed by atoms with E-state index in [1.54, 1.807) is 63.2 Å². The number of nitrogens with two attached hydrogens (primary N) is 1. The van der Waals surface area contributed by atoms with Gasteiger partial charge >= 0.3 is 51.4 Å². The molecule has 0 unspecified atom stereocenters. The maximum atomic E-state index is 15.4. The van der Waals surface area contributed by atoms with Crippen molar-refractivity contribution >= 4 is 11.5 Å². The summed E-state index contributed by atoms with van der Waals surface area (Å²) in [7, 11) is 0. The SMILES string of the molecule is C=C(N)C(C)(C)CNCc1c(F)cc(-c2cccc(-c3ccc[c-]c3O)c2F)cc1CC.C=[C-]/C(=C/C)C(C)=O.CC.CC.CC(C)=N.[K+]. The first kappa shape index (κ1) is 50.7. The van der Waals surface area contributed by atoms with Crippen LogP contribution >= 0.6 is 0 Å². The standard InChI is InChI=1S/C27H29F2N2O.C7H9O.C3H7N.2C2H6.K/c1-5-18-13-19(14-24(28)23(18)15-31-16-27(3,4)17(2)30)20-10-8-11-22(26(20)29)21-9-6-7-12-25(21)32;1-4-7(5-2)6(3)8;1-3(2)4;2*1-2;/h6-11,13-14,31-32H,2,5,15-16,30H2,1,3-4H3;5H,1H2,2-3H3;4H,1-2H3;2*1-2H3;/q2*-1;;;;+1/b;7-5-;;;;. The Kier molecular flexibility index (Phi) is 28.0. The van der Waals surface area contributed by atoms with Gasteiger partial charge in [0.15, 0.2) is 0 Å². The number of halogens is 2. The number of hydrogen-bond acceptors (Lipinski definition) is 5. The van der Waals surface area contributed by atoms with Crippen LogP contribution in [0.2, 0.25) is 0 Å². The molecule has 3 aromatic carbocycles. The second-order valence-electron chi connectivity index (χ2n) is 11.0. The van der Waals surface area contributed by atoms with Crippen LogP contribution in [0.4, 0.5) is 8.78 Å². The number of ketones is 1. The average molecular weight is 701 g/mol. The number of para-hydroxylation sites is 1. The zero-order valence-electron chi connectivity index (χ0n) is 31.9. The van der Waals surface area contributed by atoms with E-state index in [0.717, 1.165) is 5.56 Å². The molecule has 8 heteroatoms. The summed E-state index contributed by atoms with van der Waals surface area (Å²) >= 11 is 0. The first-order valence-corrected chi connectivity index (χ1v) is 16.3.